The lowest BCUT2D eigenvalue weighted by atomic mass is 10.2. The molecule has 0 amide bonds. The van der Waals surface area contributed by atoms with E-state index < -0.39 is 22.1 Å². The van der Waals surface area contributed by atoms with E-state index >= 15 is 0 Å². The van der Waals surface area contributed by atoms with E-state index in [4.69, 9.17) is 10.00 Å². The van der Waals surface area contributed by atoms with E-state index in [2.05, 4.69) is 0 Å². The Balaban J connectivity index is 2.06. The Kier molecular flexibility index (Phi) is 6.73. The molecule has 0 bridgehead atoms. The molecular formula is C18H22N2O4S. The first-order valence-corrected chi connectivity index (χ1v) is 9.76. The van der Waals surface area contributed by atoms with Crippen molar-refractivity contribution in [2.75, 3.05) is 13.1 Å². The number of carbonyl (C=O) groups excluding carboxylic acids is 1. The fourth-order valence-electron chi connectivity index (χ4n) is 2.59. The molecule has 1 atom stereocenters. The van der Waals surface area contributed by atoms with Crippen LogP contribution in [0.5, 0.6) is 0 Å². The number of sulfonamides is 1. The highest BCUT2D eigenvalue weighted by Crippen LogP contribution is 2.21. The van der Waals surface area contributed by atoms with E-state index in [1.54, 1.807) is 34.6 Å². The third kappa shape index (κ3) is 5.41. The lowest BCUT2D eigenvalue weighted by Gasteiger charge is -2.19. The van der Waals surface area contributed by atoms with E-state index in [1.807, 2.05) is 0 Å². The number of esters is 1. The van der Waals surface area contributed by atoms with Crippen LogP contribution in [0.3, 0.4) is 0 Å². The number of rotatable bonds is 5. The van der Waals surface area contributed by atoms with Crippen LogP contribution in [0, 0.1) is 11.3 Å². The maximum absolute atomic E-state index is 12.7. The molecule has 0 radical (unpaired) electrons. The van der Waals surface area contributed by atoms with Crippen molar-refractivity contribution < 1.29 is 17.9 Å². The summed E-state index contributed by atoms with van der Waals surface area (Å²) < 4.78 is 31.7. The Morgan fingerprint density at radius 3 is 2.36 bits per heavy atom. The topological polar surface area (TPSA) is 87.5 Å². The van der Waals surface area contributed by atoms with Gasteiger partial charge in [-0.25, -0.2) is 13.2 Å². The van der Waals surface area contributed by atoms with Gasteiger partial charge in [-0.3, -0.25) is 0 Å². The molecule has 1 aliphatic heterocycles. The molecule has 134 valence electrons. The zero-order chi connectivity index (χ0) is 18.3. The molecule has 0 aliphatic carbocycles. The number of benzene rings is 1. The van der Waals surface area contributed by atoms with Gasteiger partial charge in [-0.1, -0.05) is 25.0 Å². The average molecular weight is 362 g/mol. The van der Waals surface area contributed by atoms with Crippen LogP contribution in [-0.2, 0) is 19.6 Å². The number of hydrogen-bond acceptors (Lipinski definition) is 5. The number of nitriles is 1. The Hall–Kier alpha value is -2.17. The lowest BCUT2D eigenvalue weighted by Crippen LogP contribution is -2.31. The molecule has 0 aromatic heterocycles. The minimum absolute atomic E-state index is 0.257. The van der Waals surface area contributed by atoms with Crippen molar-refractivity contribution in [1.82, 2.24) is 4.31 Å². The van der Waals surface area contributed by atoms with E-state index in [0.717, 1.165) is 25.7 Å². The van der Waals surface area contributed by atoms with Crippen LogP contribution in [0.1, 0.15) is 38.2 Å². The van der Waals surface area contributed by atoms with Crippen LogP contribution in [0.15, 0.2) is 35.2 Å². The quantitative estimate of drug-likeness (QED) is 0.594. The molecule has 0 N–H and O–H groups in total. The molecule has 25 heavy (non-hydrogen) atoms. The van der Waals surface area contributed by atoms with Crippen molar-refractivity contribution in [3.8, 4) is 6.07 Å². The van der Waals surface area contributed by atoms with Crippen molar-refractivity contribution >= 4 is 22.1 Å². The van der Waals surface area contributed by atoms with Crippen molar-refractivity contribution in [3.05, 3.63) is 35.9 Å². The second-order valence-corrected chi connectivity index (χ2v) is 7.87. The molecular weight excluding hydrogens is 340 g/mol. The molecule has 1 fully saturated rings. The Morgan fingerprint density at radius 1 is 1.20 bits per heavy atom. The monoisotopic (exact) mass is 362 g/mol. The summed E-state index contributed by atoms with van der Waals surface area (Å²) in [4.78, 5) is 11.7. The van der Waals surface area contributed by atoms with Gasteiger partial charge in [0.25, 0.3) is 0 Å². The van der Waals surface area contributed by atoms with Crippen LogP contribution in [0.25, 0.3) is 6.08 Å². The first kappa shape index (κ1) is 19.2. The fourth-order valence-corrected chi connectivity index (χ4v) is 4.10. The maximum Gasteiger partial charge on any atom is 0.332 e. The predicted octanol–water partition coefficient (Wildman–Crippen LogP) is 2.72. The second kappa shape index (κ2) is 8.79. The number of carbonyl (C=O) groups is 1. The van der Waals surface area contributed by atoms with Gasteiger partial charge in [0.15, 0.2) is 6.10 Å². The van der Waals surface area contributed by atoms with Crippen molar-refractivity contribution in [3.63, 3.8) is 0 Å². The summed E-state index contributed by atoms with van der Waals surface area (Å²) in [5.74, 6) is -0.615. The fraction of sp³-hybridized carbons (Fsp3) is 0.444. The summed E-state index contributed by atoms with van der Waals surface area (Å²) in [5.41, 5.74) is 0.677. The first-order valence-electron chi connectivity index (χ1n) is 8.32. The van der Waals surface area contributed by atoms with Gasteiger partial charge in [-0.05, 0) is 43.5 Å². The summed E-state index contributed by atoms with van der Waals surface area (Å²) >= 11 is 0. The number of ether oxygens (including phenoxy) is 1. The minimum Gasteiger partial charge on any atom is -0.444 e. The standard InChI is InChI=1S/C18H22N2O4S/c1-15(14-19)24-18(21)11-8-16-6-9-17(10-7-16)25(22,23)20-12-4-2-3-5-13-20/h6-11,15H,2-5,12-13H2,1H3/b11-8+/t15-/m0/s1. The molecule has 0 spiro atoms. The van der Waals surface area contributed by atoms with Gasteiger partial charge in [-0.2, -0.15) is 9.57 Å². The van der Waals surface area contributed by atoms with Crippen LogP contribution >= 0.6 is 0 Å². The van der Waals surface area contributed by atoms with E-state index in [-0.39, 0.29) is 4.90 Å². The summed E-state index contributed by atoms with van der Waals surface area (Å²) in [6.07, 6.45) is 5.85. The normalized spacial score (nSPS) is 17.6. The molecule has 1 saturated heterocycles. The SMILES string of the molecule is C[C@@H](C#N)OC(=O)/C=C/c1ccc(S(=O)(=O)N2CCCCCC2)cc1. The average Bonchev–Trinajstić information content (AvgIpc) is 2.90. The Labute approximate surface area is 148 Å². The zero-order valence-electron chi connectivity index (χ0n) is 14.2. The number of hydrogen-bond donors (Lipinski definition) is 0. The Morgan fingerprint density at radius 2 is 1.80 bits per heavy atom. The largest absolute Gasteiger partial charge is 0.444 e. The van der Waals surface area contributed by atoms with Gasteiger partial charge in [0.05, 0.1) is 4.90 Å². The van der Waals surface area contributed by atoms with Gasteiger partial charge in [0, 0.05) is 19.2 Å². The molecule has 7 heteroatoms. The van der Waals surface area contributed by atoms with Gasteiger partial charge in [-0.15, -0.1) is 0 Å². The maximum atomic E-state index is 12.7. The van der Waals surface area contributed by atoms with Crippen LogP contribution in [-0.4, -0.2) is 37.9 Å². The smallest absolute Gasteiger partial charge is 0.332 e. The summed E-state index contributed by atoms with van der Waals surface area (Å²) in [7, 11) is -3.47. The molecule has 1 heterocycles. The molecule has 1 aliphatic rings. The highest BCUT2D eigenvalue weighted by atomic mass is 32.2. The summed E-state index contributed by atoms with van der Waals surface area (Å²) in [6, 6.07) is 8.18. The van der Waals surface area contributed by atoms with E-state index in [9.17, 15) is 13.2 Å². The van der Waals surface area contributed by atoms with Gasteiger partial charge >= 0.3 is 5.97 Å². The van der Waals surface area contributed by atoms with Gasteiger partial charge in [0.1, 0.15) is 6.07 Å². The van der Waals surface area contributed by atoms with Crippen molar-refractivity contribution in [1.29, 1.82) is 5.26 Å². The number of nitrogens with zero attached hydrogens (tertiary/aromatic N) is 2. The van der Waals surface area contributed by atoms with E-state index in [0.29, 0.717) is 18.7 Å². The summed E-state index contributed by atoms with van der Waals surface area (Å²) in [5, 5.41) is 8.59. The zero-order valence-corrected chi connectivity index (χ0v) is 15.0. The second-order valence-electron chi connectivity index (χ2n) is 5.93. The van der Waals surface area contributed by atoms with Crippen molar-refractivity contribution in [2.45, 2.75) is 43.6 Å². The molecule has 6 nitrogen and oxygen atoms in total. The lowest BCUT2D eigenvalue weighted by molar-refractivity contribution is -0.139. The highest BCUT2D eigenvalue weighted by Gasteiger charge is 2.24. The van der Waals surface area contributed by atoms with Crippen molar-refractivity contribution in [2.24, 2.45) is 0 Å². The van der Waals surface area contributed by atoms with Crippen LogP contribution in [0.2, 0.25) is 0 Å². The van der Waals surface area contributed by atoms with Crippen LogP contribution in [0.4, 0.5) is 0 Å². The molecule has 1 aromatic rings. The van der Waals surface area contributed by atoms with Gasteiger partial charge < -0.3 is 4.74 Å². The first-order chi connectivity index (χ1) is 11.9. The van der Waals surface area contributed by atoms with Crippen LogP contribution < -0.4 is 0 Å². The molecule has 2 rings (SSSR count). The molecule has 1 aromatic carbocycles. The predicted molar refractivity (Wildman–Crippen MR) is 93.9 cm³/mol. The highest BCUT2D eigenvalue weighted by molar-refractivity contribution is 7.89. The molecule has 0 unspecified atom stereocenters. The van der Waals surface area contributed by atoms with Gasteiger partial charge in [0.2, 0.25) is 10.0 Å². The Bertz CT molecular complexity index is 755. The molecule has 0 saturated carbocycles. The minimum atomic E-state index is -3.47. The van der Waals surface area contributed by atoms with E-state index in [1.165, 1.54) is 19.1 Å². The third-order valence-corrected chi connectivity index (χ3v) is 5.88. The summed E-state index contributed by atoms with van der Waals surface area (Å²) in [6.45, 7) is 2.61. The third-order valence-electron chi connectivity index (χ3n) is 3.97.